The van der Waals surface area contributed by atoms with E-state index in [9.17, 15) is 9.59 Å². The average Bonchev–Trinajstić information content (AvgIpc) is 3.16. The van der Waals surface area contributed by atoms with Crippen LogP contribution in [0.15, 0.2) is 39.9 Å². The lowest BCUT2D eigenvalue weighted by Gasteiger charge is -2.23. The largest absolute Gasteiger partial charge is 0.491 e. The zero-order chi connectivity index (χ0) is 14.8. The van der Waals surface area contributed by atoms with E-state index < -0.39 is 0 Å². The minimum absolute atomic E-state index is 0.0712. The van der Waals surface area contributed by atoms with Crippen molar-refractivity contribution < 1.29 is 13.9 Å². The Morgan fingerprint density at radius 2 is 2.38 bits per heavy atom. The standard InChI is InChI=1S/C15H16N2O4/c1-20-14-9-16-10(8-12(14)18)15(19)17-6-2-4-11(17)13-5-3-7-21-13/h3,5,7-9,11H,2,4,6H2,1H3,(H,16,18)/t11-/m1/s1. The fourth-order valence-electron chi connectivity index (χ4n) is 2.68. The van der Waals surface area contributed by atoms with Crippen LogP contribution in [0.25, 0.3) is 0 Å². The number of methoxy groups -OCH3 is 1. The number of carbonyl (C=O) groups is 1. The summed E-state index contributed by atoms with van der Waals surface area (Å²) < 4.78 is 10.3. The maximum Gasteiger partial charge on any atom is 0.271 e. The van der Waals surface area contributed by atoms with Gasteiger partial charge in [0.15, 0.2) is 5.75 Å². The van der Waals surface area contributed by atoms with E-state index in [0.29, 0.717) is 6.54 Å². The van der Waals surface area contributed by atoms with E-state index in [4.69, 9.17) is 9.15 Å². The van der Waals surface area contributed by atoms with Crippen LogP contribution in [0, 0.1) is 0 Å². The average molecular weight is 288 g/mol. The molecule has 3 rings (SSSR count). The van der Waals surface area contributed by atoms with Gasteiger partial charge in [-0.2, -0.15) is 0 Å². The molecule has 2 aromatic rings. The van der Waals surface area contributed by atoms with E-state index in [0.717, 1.165) is 18.6 Å². The Morgan fingerprint density at radius 3 is 3.05 bits per heavy atom. The molecule has 0 bridgehead atoms. The molecule has 1 amide bonds. The van der Waals surface area contributed by atoms with Gasteiger partial charge in [0.25, 0.3) is 5.91 Å². The third kappa shape index (κ3) is 2.44. The number of nitrogens with one attached hydrogen (secondary N) is 1. The summed E-state index contributed by atoms with van der Waals surface area (Å²) >= 11 is 0. The first-order valence-electron chi connectivity index (χ1n) is 6.82. The molecule has 0 aliphatic carbocycles. The van der Waals surface area contributed by atoms with Crippen molar-refractivity contribution in [2.75, 3.05) is 13.7 Å². The fourth-order valence-corrected chi connectivity index (χ4v) is 2.68. The van der Waals surface area contributed by atoms with Gasteiger partial charge in [0, 0.05) is 18.8 Å². The zero-order valence-electron chi connectivity index (χ0n) is 11.7. The summed E-state index contributed by atoms with van der Waals surface area (Å²) in [5.41, 5.74) is -0.0485. The highest BCUT2D eigenvalue weighted by molar-refractivity contribution is 5.92. The molecule has 0 radical (unpaired) electrons. The zero-order valence-corrected chi connectivity index (χ0v) is 11.7. The minimum Gasteiger partial charge on any atom is -0.491 e. The maximum atomic E-state index is 12.6. The molecule has 3 heterocycles. The second kappa shape index (κ2) is 5.47. The summed E-state index contributed by atoms with van der Waals surface area (Å²) in [6.07, 6.45) is 4.79. The number of aromatic nitrogens is 1. The van der Waals surface area contributed by atoms with Crippen LogP contribution in [0.4, 0.5) is 0 Å². The van der Waals surface area contributed by atoms with Gasteiger partial charge in [0.05, 0.1) is 19.4 Å². The predicted molar refractivity (Wildman–Crippen MR) is 75.3 cm³/mol. The number of amides is 1. The van der Waals surface area contributed by atoms with Crippen molar-refractivity contribution in [2.45, 2.75) is 18.9 Å². The SMILES string of the molecule is COc1c[nH]c(C(=O)N2CCC[C@@H]2c2ccco2)cc1=O. The van der Waals surface area contributed by atoms with Gasteiger partial charge in [-0.3, -0.25) is 9.59 Å². The van der Waals surface area contributed by atoms with E-state index in [2.05, 4.69) is 4.98 Å². The minimum atomic E-state index is -0.312. The number of furan rings is 1. The summed E-state index contributed by atoms with van der Waals surface area (Å²) in [6.45, 7) is 0.651. The molecule has 6 heteroatoms. The van der Waals surface area contributed by atoms with Gasteiger partial charge in [-0.15, -0.1) is 0 Å². The van der Waals surface area contributed by atoms with E-state index in [1.54, 1.807) is 11.2 Å². The Kier molecular flexibility index (Phi) is 3.51. The van der Waals surface area contributed by atoms with Crippen molar-refractivity contribution in [1.82, 2.24) is 9.88 Å². The van der Waals surface area contributed by atoms with Crippen molar-refractivity contribution in [2.24, 2.45) is 0 Å². The van der Waals surface area contributed by atoms with Gasteiger partial charge < -0.3 is 19.0 Å². The number of ether oxygens (including phenoxy) is 1. The molecule has 1 aliphatic rings. The van der Waals surface area contributed by atoms with Crippen LogP contribution in [0.2, 0.25) is 0 Å². The van der Waals surface area contributed by atoms with Gasteiger partial charge in [-0.25, -0.2) is 0 Å². The molecule has 2 aromatic heterocycles. The predicted octanol–water partition coefficient (Wildman–Crippen LogP) is 1.95. The summed E-state index contributed by atoms with van der Waals surface area (Å²) in [5, 5.41) is 0. The number of H-pyrrole nitrogens is 1. The van der Waals surface area contributed by atoms with E-state index in [-0.39, 0.29) is 28.8 Å². The van der Waals surface area contributed by atoms with Crippen LogP contribution < -0.4 is 10.2 Å². The Balaban J connectivity index is 1.87. The van der Waals surface area contributed by atoms with Gasteiger partial charge in [-0.1, -0.05) is 0 Å². The number of aromatic amines is 1. The van der Waals surface area contributed by atoms with Crippen LogP contribution in [-0.2, 0) is 0 Å². The van der Waals surface area contributed by atoms with Crippen molar-refractivity contribution >= 4 is 5.91 Å². The molecule has 1 fully saturated rings. The Hall–Kier alpha value is -2.50. The number of carbonyl (C=O) groups excluding carboxylic acids is 1. The summed E-state index contributed by atoms with van der Waals surface area (Å²) in [4.78, 5) is 28.9. The lowest BCUT2D eigenvalue weighted by molar-refractivity contribution is 0.0713. The fraction of sp³-hybridized carbons (Fsp3) is 0.333. The third-order valence-electron chi connectivity index (χ3n) is 3.71. The topological polar surface area (TPSA) is 75.5 Å². The molecule has 6 nitrogen and oxygen atoms in total. The first-order valence-corrected chi connectivity index (χ1v) is 6.82. The molecular weight excluding hydrogens is 272 g/mol. The van der Waals surface area contributed by atoms with Crippen molar-refractivity contribution in [1.29, 1.82) is 0 Å². The van der Waals surface area contributed by atoms with Gasteiger partial charge in [-0.05, 0) is 25.0 Å². The quantitative estimate of drug-likeness (QED) is 0.936. The van der Waals surface area contributed by atoms with E-state index in [1.807, 2.05) is 12.1 Å². The molecule has 0 aromatic carbocycles. The third-order valence-corrected chi connectivity index (χ3v) is 3.71. The first kappa shape index (κ1) is 13.5. The van der Waals surface area contributed by atoms with Crippen LogP contribution in [0.1, 0.15) is 35.1 Å². The molecule has 110 valence electrons. The van der Waals surface area contributed by atoms with E-state index >= 15 is 0 Å². The van der Waals surface area contributed by atoms with E-state index in [1.165, 1.54) is 19.4 Å². The number of likely N-dealkylation sites (tertiary alicyclic amines) is 1. The van der Waals surface area contributed by atoms with Crippen LogP contribution in [-0.4, -0.2) is 29.4 Å². The molecule has 0 saturated carbocycles. The molecule has 0 spiro atoms. The van der Waals surface area contributed by atoms with Crippen LogP contribution in [0.5, 0.6) is 5.75 Å². The first-order chi connectivity index (χ1) is 10.2. The second-order valence-electron chi connectivity index (χ2n) is 4.95. The Morgan fingerprint density at radius 1 is 1.52 bits per heavy atom. The monoisotopic (exact) mass is 288 g/mol. The van der Waals surface area contributed by atoms with Crippen molar-refractivity contribution in [3.05, 3.63) is 52.3 Å². The second-order valence-corrected chi connectivity index (χ2v) is 4.95. The molecule has 0 unspecified atom stereocenters. The number of hydrogen-bond donors (Lipinski definition) is 1. The van der Waals surface area contributed by atoms with Gasteiger partial charge in [0.1, 0.15) is 11.5 Å². The Bertz CT molecular complexity index is 690. The molecule has 21 heavy (non-hydrogen) atoms. The molecule has 1 saturated heterocycles. The molecule has 1 aliphatic heterocycles. The number of nitrogens with zero attached hydrogens (tertiary/aromatic N) is 1. The summed E-state index contributed by atoms with van der Waals surface area (Å²) in [6, 6.07) is 4.88. The van der Waals surface area contributed by atoms with Crippen molar-refractivity contribution in [3.63, 3.8) is 0 Å². The van der Waals surface area contributed by atoms with Gasteiger partial charge in [0.2, 0.25) is 5.43 Å². The van der Waals surface area contributed by atoms with Crippen LogP contribution in [0.3, 0.4) is 0 Å². The molecule has 1 atom stereocenters. The maximum absolute atomic E-state index is 12.6. The number of pyridine rings is 1. The highest BCUT2D eigenvalue weighted by atomic mass is 16.5. The summed E-state index contributed by atoms with van der Waals surface area (Å²) in [5.74, 6) is 0.765. The van der Waals surface area contributed by atoms with Crippen LogP contribution >= 0.6 is 0 Å². The highest BCUT2D eigenvalue weighted by Crippen LogP contribution is 2.32. The lowest BCUT2D eigenvalue weighted by atomic mass is 10.1. The normalized spacial score (nSPS) is 18.0. The summed E-state index contributed by atoms with van der Waals surface area (Å²) in [7, 11) is 1.42. The molecular formula is C15H16N2O4. The lowest BCUT2D eigenvalue weighted by Crippen LogP contribution is -2.31. The smallest absolute Gasteiger partial charge is 0.271 e. The Labute approximate surface area is 121 Å². The highest BCUT2D eigenvalue weighted by Gasteiger charge is 2.32. The molecule has 1 N–H and O–H groups in total. The van der Waals surface area contributed by atoms with Crippen molar-refractivity contribution in [3.8, 4) is 5.75 Å². The number of hydrogen-bond acceptors (Lipinski definition) is 4. The van der Waals surface area contributed by atoms with Gasteiger partial charge >= 0.3 is 0 Å². The number of rotatable bonds is 3.